The summed E-state index contributed by atoms with van der Waals surface area (Å²) < 4.78 is 32.7. The maximum absolute atomic E-state index is 13.9. The van der Waals surface area contributed by atoms with E-state index in [-0.39, 0.29) is 11.0 Å². The van der Waals surface area contributed by atoms with Gasteiger partial charge in [-0.3, -0.25) is 0 Å². The number of thiocarbonyl (C=S) groups is 1. The lowest BCUT2D eigenvalue weighted by Gasteiger charge is -2.32. The first-order chi connectivity index (χ1) is 13.1. The van der Waals surface area contributed by atoms with Crippen molar-refractivity contribution in [2.75, 3.05) is 13.2 Å². The normalized spacial score (nSPS) is 18.8. The molecule has 1 heterocycles. The molecule has 2 aliphatic rings. The number of fused-ring (bicyclic) bond motifs is 1. The molecular formula is C20H25F2N3O2S. The summed E-state index contributed by atoms with van der Waals surface area (Å²) in [5.74, 6) is -1.54. The Hall–Kier alpha value is -2.22. The topological polar surface area (TPSA) is 53.6 Å². The molecule has 1 unspecified atom stereocenters. The van der Waals surface area contributed by atoms with Crippen molar-refractivity contribution in [1.29, 1.82) is 0 Å². The Morgan fingerprint density at radius 2 is 2.14 bits per heavy atom. The molecular weight excluding hydrogens is 384 g/mol. The lowest BCUT2D eigenvalue weighted by Crippen LogP contribution is -2.38. The third-order valence-corrected chi connectivity index (χ3v) is 5.05. The maximum Gasteiger partial charge on any atom is 0.366 e. The fourth-order valence-corrected chi connectivity index (χ4v) is 3.58. The van der Waals surface area contributed by atoms with Crippen LogP contribution in [0.3, 0.4) is 0 Å². The molecule has 0 saturated heterocycles. The number of carbonyl (C=O) groups excluding carboxylic acids is 1. The molecule has 0 spiro atoms. The van der Waals surface area contributed by atoms with E-state index >= 15 is 0 Å². The fourth-order valence-electron chi connectivity index (χ4n) is 3.47. The van der Waals surface area contributed by atoms with Crippen LogP contribution in [-0.2, 0) is 22.4 Å². The van der Waals surface area contributed by atoms with Crippen LogP contribution in [0.4, 0.5) is 8.78 Å². The third kappa shape index (κ3) is 4.98. The van der Waals surface area contributed by atoms with Crippen LogP contribution in [0.2, 0.25) is 0 Å². The predicted molar refractivity (Wildman–Crippen MR) is 107 cm³/mol. The van der Waals surface area contributed by atoms with Gasteiger partial charge < -0.3 is 20.3 Å². The molecule has 2 N–H and O–H groups in total. The summed E-state index contributed by atoms with van der Waals surface area (Å²) in [5, 5.41) is 6.16. The second kappa shape index (κ2) is 8.03. The van der Waals surface area contributed by atoms with Gasteiger partial charge in [0.1, 0.15) is 17.2 Å². The van der Waals surface area contributed by atoms with Crippen LogP contribution in [0, 0.1) is 11.6 Å². The Morgan fingerprint density at radius 1 is 1.39 bits per heavy atom. The summed E-state index contributed by atoms with van der Waals surface area (Å²) in [7, 11) is 0. The van der Waals surface area contributed by atoms with Gasteiger partial charge in [-0.2, -0.15) is 0 Å². The molecule has 1 aliphatic heterocycles. The van der Waals surface area contributed by atoms with Gasteiger partial charge in [0.25, 0.3) is 0 Å². The molecule has 1 atom stereocenters. The quantitative estimate of drug-likeness (QED) is 0.592. The number of nitrogens with one attached hydrogen (secondary N) is 2. The van der Waals surface area contributed by atoms with Crippen LogP contribution in [0.1, 0.15) is 38.3 Å². The standard InChI is InChI=1S/C20H25F2N3O2S/c1-20(2,3)27-19(26)18(28)23-9-14-10-25(11-24-14)15-4-5-16-12(7-15)6-13(21)8-17(16)22/h6,8,10,15,24H,4-5,7,9,11H2,1-3H3,(H,23,28). The SMILES string of the molecule is CC(C)(C)OC(=O)C(=S)NCC1=CN(C2CCc3c(F)cc(F)cc3C2)CN1. The smallest absolute Gasteiger partial charge is 0.366 e. The molecule has 0 bridgehead atoms. The number of hydrogen-bond donors (Lipinski definition) is 2. The van der Waals surface area contributed by atoms with Crippen molar-refractivity contribution in [3.05, 3.63) is 46.8 Å². The maximum atomic E-state index is 13.9. The predicted octanol–water partition coefficient (Wildman–Crippen LogP) is 2.78. The number of ether oxygens (including phenoxy) is 1. The lowest BCUT2D eigenvalue weighted by atomic mass is 9.87. The first kappa shape index (κ1) is 20.5. The van der Waals surface area contributed by atoms with E-state index in [0.29, 0.717) is 31.6 Å². The van der Waals surface area contributed by atoms with Crippen molar-refractivity contribution in [3.63, 3.8) is 0 Å². The number of halogens is 2. The van der Waals surface area contributed by atoms with Gasteiger partial charge in [0.05, 0.1) is 13.2 Å². The Morgan fingerprint density at radius 3 is 2.86 bits per heavy atom. The van der Waals surface area contributed by atoms with Crippen molar-refractivity contribution >= 4 is 23.2 Å². The fraction of sp³-hybridized carbons (Fsp3) is 0.500. The molecule has 8 heteroatoms. The highest BCUT2D eigenvalue weighted by Crippen LogP contribution is 2.28. The largest absolute Gasteiger partial charge is 0.455 e. The Balaban J connectivity index is 1.56. The molecule has 28 heavy (non-hydrogen) atoms. The molecule has 3 rings (SSSR count). The monoisotopic (exact) mass is 409 g/mol. The van der Waals surface area contributed by atoms with Crippen molar-refractivity contribution < 1.29 is 18.3 Å². The number of benzene rings is 1. The second-order valence-corrected chi connectivity index (χ2v) is 8.52. The Labute approximate surface area is 169 Å². The van der Waals surface area contributed by atoms with Crippen molar-refractivity contribution in [2.24, 2.45) is 0 Å². The third-order valence-electron chi connectivity index (χ3n) is 4.74. The molecule has 1 aromatic rings. The van der Waals surface area contributed by atoms with E-state index in [9.17, 15) is 13.6 Å². The van der Waals surface area contributed by atoms with Crippen LogP contribution in [-0.4, -0.2) is 40.7 Å². The highest BCUT2D eigenvalue weighted by molar-refractivity contribution is 7.81. The van der Waals surface area contributed by atoms with E-state index in [2.05, 4.69) is 15.5 Å². The van der Waals surface area contributed by atoms with Gasteiger partial charge in [-0.15, -0.1) is 0 Å². The van der Waals surface area contributed by atoms with Gasteiger partial charge in [0, 0.05) is 24.0 Å². The van der Waals surface area contributed by atoms with Crippen LogP contribution in [0.15, 0.2) is 24.0 Å². The molecule has 0 aromatic heterocycles. The number of esters is 1. The summed E-state index contributed by atoms with van der Waals surface area (Å²) >= 11 is 5.08. The molecule has 0 radical (unpaired) electrons. The van der Waals surface area contributed by atoms with E-state index < -0.39 is 23.2 Å². The van der Waals surface area contributed by atoms with Crippen molar-refractivity contribution in [2.45, 2.75) is 51.7 Å². The molecule has 0 saturated carbocycles. The summed E-state index contributed by atoms with van der Waals surface area (Å²) in [4.78, 5) is 14.1. The second-order valence-electron chi connectivity index (χ2n) is 8.11. The summed E-state index contributed by atoms with van der Waals surface area (Å²) in [6, 6.07) is 2.55. The first-order valence-electron chi connectivity index (χ1n) is 9.30. The van der Waals surface area contributed by atoms with Gasteiger partial charge in [-0.05, 0) is 57.2 Å². The summed E-state index contributed by atoms with van der Waals surface area (Å²) in [6.45, 7) is 6.33. The summed E-state index contributed by atoms with van der Waals surface area (Å²) in [5.41, 5.74) is 1.65. The zero-order valence-corrected chi connectivity index (χ0v) is 17.1. The minimum atomic E-state index is -0.597. The van der Waals surface area contributed by atoms with Crippen molar-refractivity contribution in [3.8, 4) is 0 Å². The van der Waals surface area contributed by atoms with Crippen molar-refractivity contribution in [1.82, 2.24) is 15.5 Å². The molecule has 152 valence electrons. The number of rotatable bonds is 3. The Bertz CT molecular complexity index is 820. The lowest BCUT2D eigenvalue weighted by molar-refractivity contribution is -0.146. The molecule has 0 amide bonds. The van der Waals surface area contributed by atoms with Crippen LogP contribution in [0.25, 0.3) is 0 Å². The van der Waals surface area contributed by atoms with Gasteiger partial charge in [-0.25, -0.2) is 13.6 Å². The summed E-state index contributed by atoms with van der Waals surface area (Å²) in [6.07, 6.45) is 3.95. The molecule has 5 nitrogen and oxygen atoms in total. The number of carbonyl (C=O) groups is 1. The Kier molecular flexibility index (Phi) is 5.88. The van der Waals surface area contributed by atoms with E-state index in [1.54, 1.807) is 20.8 Å². The highest BCUT2D eigenvalue weighted by Gasteiger charge is 2.28. The first-order valence-corrected chi connectivity index (χ1v) is 9.71. The average Bonchev–Trinajstić information content (AvgIpc) is 3.06. The molecule has 1 aliphatic carbocycles. The van der Waals surface area contributed by atoms with Crippen LogP contribution < -0.4 is 10.6 Å². The highest BCUT2D eigenvalue weighted by atomic mass is 32.1. The van der Waals surface area contributed by atoms with E-state index in [1.165, 1.54) is 6.07 Å². The zero-order chi connectivity index (χ0) is 20.5. The van der Waals surface area contributed by atoms with Crippen LogP contribution in [0.5, 0.6) is 0 Å². The molecule has 0 fully saturated rings. The van der Waals surface area contributed by atoms with Gasteiger partial charge in [0.2, 0.25) is 0 Å². The zero-order valence-electron chi connectivity index (χ0n) is 16.3. The molecule has 1 aromatic carbocycles. The van der Waals surface area contributed by atoms with Crippen LogP contribution >= 0.6 is 12.2 Å². The average molecular weight is 410 g/mol. The van der Waals surface area contributed by atoms with Gasteiger partial charge in [-0.1, -0.05) is 12.2 Å². The number of hydrogen-bond acceptors (Lipinski definition) is 5. The van der Waals surface area contributed by atoms with E-state index in [0.717, 1.165) is 23.7 Å². The van der Waals surface area contributed by atoms with Gasteiger partial charge >= 0.3 is 5.97 Å². The van der Waals surface area contributed by atoms with Gasteiger partial charge in [0.15, 0.2) is 4.99 Å². The van der Waals surface area contributed by atoms with E-state index in [1.807, 2.05) is 6.20 Å². The minimum Gasteiger partial charge on any atom is -0.455 e. The van der Waals surface area contributed by atoms with E-state index in [4.69, 9.17) is 17.0 Å². The number of nitrogens with zero attached hydrogens (tertiary/aromatic N) is 1. The minimum absolute atomic E-state index is 0.0358.